The van der Waals surface area contributed by atoms with Gasteiger partial charge in [-0.15, -0.1) is 0 Å². The maximum Gasteiger partial charge on any atom is 0.416 e. The van der Waals surface area contributed by atoms with Crippen molar-refractivity contribution in [2.75, 3.05) is 0 Å². The molecule has 0 aliphatic heterocycles. The van der Waals surface area contributed by atoms with E-state index in [1.165, 1.54) is 0 Å². The molecule has 0 fully saturated rings. The summed E-state index contributed by atoms with van der Waals surface area (Å²) in [4.78, 5) is 22.8. The molecule has 0 heterocycles. The highest BCUT2D eigenvalue weighted by atomic mass is 19.4. The molecule has 1 aromatic rings. The van der Waals surface area contributed by atoms with Gasteiger partial charge in [0.25, 0.3) is 5.91 Å². The van der Waals surface area contributed by atoms with Crippen molar-refractivity contribution in [2.45, 2.75) is 38.4 Å². The largest absolute Gasteiger partial charge is 0.480 e. The van der Waals surface area contributed by atoms with Crippen molar-refractivity contribution in [2.24, 2.45) is 0 Å². The first kappa shape index (κ1) is 17.0. The minimum Gasteiger partial charge on any atom is -0.480 e. The van der Waals surface area contributed by atoms with Crippen LogP contribution in [-0.2, 0) is 11.0 Å². The van der Waals surface area contributed by atoms with Gasteiger partial charge in [0, 0.05) is 5.56 Å². The second kappa shape index (κ2) is 7.10. The number of hydrogen-bond donors (Lipinski definition) is 2. The van der Waals surface area contributed by atoms with Crippen LogP contribution in [0.5, 0.6) is 0 Å². The minimum absolute atomic E-state index is 0.00857. The van der Waals surface area contributed by atoms with Crippen LogP contribution < -0.4 is 5.32 Å². The number of carboxylic acid groups (broad SMARTS) is 1. The number of carbonyl (C=O) groups is 2. The third kappa shape index (κ3) is 5.09. The number of amides is 1. The van der Waals surface area contributed by atoms with Crippen molar-refractivity contribution in [3.8, 4) is 0 Å². The van der Waals surface area contributed by atoms with Crippen LogP contribution in [0.15, 0.2) is 24.3 Å². The summed E-state index contributed by atoms with van der Waals surface area (Å²) in [7, 11) is 0. The van der Waals surface area contributed by atoms with E-state index in [-0.39, 0.29) is 12.0 Å². The zero-order valence-corrected chi connectivity index (χ0v) is 11.4. The van der Waals surface area contributed by atoms with Crippen molar-refractivity contribution in [1.29, 1.82) is 0 Å². The Morgan fingerprint density at radius 1 is 1.24 bits per heavy atom. The number of unbranched alkanes of at least 4 members (excludes halogenated alkanes) is 1. The first-order chi connectivity index (χ1) is 9.75. The van der Waals surface area contributed by atoms with Gasteiger partial charge < -0.3 is 10.4 Å². The summed E-state index contributed by atoms with van der Waals surface area (Å²) >= 11 is 0. The first-order valence-corrected chi connectivity index (χ1v) is 6.46. The number of benzene rings is 1. The van der Waals surface area contributed by atoms with Crippen molar-refractivity contribution < 1.29 is 27.9 Å². The summed E-state index contributed by atoms with van der Waals surface area (Å²) in [6.07, 6.45) is -2.79. The van der Waals surface area contributed by atoms with Gasteiger partial charge in [-0.05, 0) is 30.7 Å². The average molecular weight is 303 g/mol. The van der Waals surface area contributed by atoms with Crippen LogP contribution in [0.3, 0.4) is 0 Å². The molecule has 0 radical (unpaired) electrons. The van der Waals surface area contributed by atoms with E-state index in [9.17, 15) is 22.8 Å². The smallest absolute Gasteiger partial charge is 0.416 e. The number of halogens is 3. The molecule has 2 N–H and O–H groups in total. The van der Waals surface area contributed by atoms with Crippen molar-refractivity contribution in [3.63, 3.8) is 0 Å². The molecule has 0 saturated carbocycles. The Hall–Kier alpha value is -2.05. The Morgan fingerprint density at radius 3 is 2.24 bits per heavy atom. The Bertz CT molecular complexity index is 497. The summed E-state index contributed by atoms with van der Waals surface area (Å²) in [5.74, 6) is -1.86. The summed E-state index contributed by atoms with van der Waals surface area (Å²) < 4.78 is 37.2. The quantitative estimate of drug-likeness (QED) is 0.848. The SMILES string of the molecule is CCCC[C@@H](NC(=O)c1ccc(C(F)(F)F)cc1)C(=O)O. The number of carboxylic acids is 1. The summed E-state index contributed by atoms with van der Waals surface area (Å²) in [6.45, 7) is 1.89. The minimum atomic E-state index is -4.47. The molecule has 1 amide bonds. The fraction of sp³-hybridized carbons (Fsp3) is 0.429. The molecule has 0 unspecified atom stereocenters. The highest BCUT2D eigenvalue weighted by Gasteiger charge is 2.30. The molecular weight excluding hydrogens is 287 g/mol. The Kier molecular flexibility index (Phi) is 5.75. The predicted octanol–water partition coefficient (Wildman–Crippen LogP) is 3.08. The molecule has 0 bridgehead atoms. The van der Waals surface area contributed by atoms with Gasteiger partial charge in [-0.2, -0.15) is 13.2 Å². The van der Waals surface area contributed by atoms with E-state index >= 15 is 0 Å². The van der Waals surface area contributed by atoms with Crippen molar-refractivity contribution in [3.05, 3.63) is 35.4 Å². The maximum atomic E-state index is 12.4. The molecule has 116 valence electrons. The van der Waals surface area contributed by atoms with Gasteiger partial charge in [-0.3, -0.25) is 4.79 Å². The fourth-order valence-electron chi connectivity index (χ4n) is 1.72. The number of hydrogen-bond acceptors (Lipinski definition) is 2. The molecule has 21 heavy (non-hydrogen) atoms. The molecular formula is C14H16F3NO3. The zero-order valence-electron chi connectivity index (χ0n) is 11.4. The average Bonchev–Trinajstić information content (AvgIpc) is 2.42. The van der Waals surface area contributed by atoms with Crippen LogP contribution >= 0.6 is 0 Å². The van der Waals surface area contributed by atoms with Crippen LogP contribution in [0.4, 0.5) is 13.2 Å². The van der Waals surface area contributed by atoms with Gasteiger partial charge in [-0.25, -0.2) is 4.79 Å². The Balaban J connectivity index is 2.76. The lowest BCUT2D eigenvalue weighted by Crippen LogP contribution is -2.40. The third-order valence-electron chi connectivity index (χ3n) is 2.92. The van der Waals surface area contributed by atoms with E-state index in [2.05, 4.69) is 5.32 Å². The molecule has 1 rings (SSSR count). The summed E-state index contributed by atoms with van der Waals surface area (Å²) in [5.41, 5.74) is -0.870. The molecule has 0 saturated heterocycles. The molecule has 0 aliphatic carbocycles. The van der Waals surface area contributed by atoms with Gasteiger partial charge >= 0.3 is 12.1 Å². The molecule has 0 aromatic heterocycles. The molecule has 7 heteroatoms. The molecule has 1 aromatic carbocycles. The van der Waals surface area contributed by atoms with Crippen LogP contribution in [-0.4, -0.2) is 23.0 Å². The first-order valence-electron chi connectivity index (χ1n) is 6.46. The maximum absolute atomic E-state index is 12.4. The predicted molar refractivity (Wildman–Crippen MR) is 69.9 cm³/mol. The second-order valence-corrected chi connectivity index (χ2v) is 4.58. The standard InChI is InChI=1S/C14H16F3NO3/c1-2-3-4-11(13(20)21)18-12(19)9-5-7-10(8-6-9)14(15,16)17/h5-8,11H,2-4H2,1H3,(H,18,19)(H,20,21)/t11-/m1/s1. The monoisotopic (exact) mass is 303 g/mol. The van der Waals surface area contributed by atoms with Crippen LogP contribution in [0.2, 0.25) is 0 Å². The number of carbonyl (C=O) groups excluding carboxylic acids is 1. The van der Waals surface area contributed by atoms with Crippen LogP contribution in [0, 0.1) is 0 Å². The highest BCUT2D eigenvalue weighted by molar-refractivity contribution is 5.96. The number of rotatable bonds is 6. The Morgan fingerprint density at radius 2 is 1.81 bits per heavy atom. The van der Waals surface area contributed by atoms with E-state index in [1.807, 2.05) is 6.92 Å². The molecule has 4 nitrogen and oxygen atoms in total. The molecule has 0 aliphatic rings. The van der Waals surface area contributed by atoms with E-state index < -0.39 is 29.7 Å². The second-order valence-electron chi connectivity index (χ2n) is 4.58. The van der Waals surface area contributed by atoms with E-state index in [0.717, 1.165) is 30.7 Å². The normalized spacial score (nSPS) is 12.8. The van der Waals surface area contributed by atoms with Gasteiger partial charge in [0.15, 0.2) is 0 Å². The van der Waals surface area contributed by atoms with Gasteiger partial charge in [0.1, 0.15) is 6.04 Å². The van der Waals surface area contributed by atoms with Crippen LogP contribution in [0.25, 0.3) is 0 Å². The summed E-state index contributed by atoms with van der Waals surface area (Å²) in [5, 5.41) is 11.3. The van der Waals surface area contributed by atoms with Crippen molar-refractivity contribution in [1.82, 2.24) is 5.32 Å². The molecule has 0 spiro atoms. The topological polar surface area (TPSA) is 66.4 Å². The van der Waals surface area contributed by atoms with Gasteiger partial charge in [-0.1, -0.05) is 19.8 Å². The van der Waals surface area contributed by atoms with Gasteiger partial charge in [0.2, 0.25) is 0 Å². The fourth-order valence-corrected chi connectivity index (χ4v) is 1.72. The Labute approximate surface area is 120 Å². The number of aliphatic carboxylic acids is 1. The lowest BCUT2D eigenvalue weighted by Gasteiger charge is -2.14. The third-order valence-corrected chi connectivity index (χ3v) is 2.92. The number of nitrogens with one attached hydrogen (secondary N) is 1. The van der Waals surface area contributed by atoms with Crippen LogP contribution in [0.1, 0.15) is 42.1 Å². The lowest BCUT2D eigenvalue weighted by molar-refractivity contribution is -0.139. The molecule has 1 atom stereocenters. The van der Waals surface area contributed by atoms with Gasteiger partial charge in [0.05, 0.1) is 5.56 Å². The van der Waals surface area contributed by atoms with E-state index in [1.54, 1.807) is 0 Å². The van der Waals surface area contributed by atoms with E-state index in [0.29, 0.717) is 6.42 Å². The van der Waals surface area contributed by atoms with E-state index in [4.69, 9.17) is 5.11 Å². The lowest BCUT2D eigenvalue weighted by atomic mass is 10.1. The summed E-state index contributed by atoms with van der Waals surface area (Å²) in [6, 6.07) is 2.58. The zero-order chi connectivity index (χ0) is 16.0. The highest BCUT2D eigenvalue weighted by Crippen LogP contribution is 2.29. The number of alkyl halides is 3. The van der Waals surface area contributed by atoms with Crippen molar-refractivity contribution >= 4 is 11.9 Å².